The monoisotopic (exact) mass is 853 g/mol. The van der Waals surface area contributed by atoms with E-state index in [4.69, 9.17) is 19.4 Å². The first-order valence-electron chi connectivity index (χ1n) is 21.8. The molecule has 3 aromatic rings. The number of unbranched alkanes of at least 4 members (excludes halogenated alkanes) is 4. The van der Waals surface area contributed by atoms with E-state index in [9.17, 15) is 22.8 Å². The van der Waals surface area contributed by atoms with Crippen LogP contribution in [0.4, 0.5) is 11.4 Å². The highest BCUT2D eigenvalue weighted by Crippen LogP contribution is 2.64. The Labute approximate surface area is 355 Å². The molecule has 2 atom stereocenters. The van der Waals surface area contributed by atoms with Gasteiger partial charge in [-0.25, -0.2) is 9.67 Å². The average molecular weight is 854 g/mol. The molecule has 3 fully saturated rings. The van der Waals surface area contributed by atoms with Crippen LogP contribution >= 0.6 is 0 Å². The molecule has 2 aromatic heterocycles. The Kier molecular flexibility index (Phi) is 16.7. The lowest BCUT2D eigenvalue weighted by atomic mass is 9.70. The quantitative estimate of drug-likeness (QED) is 0.0655. The molecule has 332 valence electrons. The number of ether oxygens (including phenoxy) is 1. The van der Waals surface area contributed by atoms with Crippen LogP contribution in [0.1, 0.15) is 120 Å². The first-order valence-corrected chi connectivity index (χ1v) is 23.4. The first kappa shape index (κ1) is 47.1. The van der Waals surface area contributed by atoms with Crippen LogP contribution in [0, 0.1) is 16.7 Å². The number of carbonyl (C=O) groups excluding carboxylic acids is 3. The van der Waals surface area contributed by atoms with Crippen LogP contribution in [0.15, 0.2) is 30.5 Å². The highest BCUT2D eigenvalue weighted by molar-refractivity contribution is 7.85. The summed E-state index contributed by atoms with van der Waals surface area (Å²) in [5.41, 5.74) is 3.87. The van der Waals surface area contributed by atoms with Crippen LogP contribution in [0.5, 0.6) is 0 Å². The third-order valence-electron chi connectivity index (χ3n) is 13.0. The molecule has 1 saturated heterocycles. The molecular weight excluding hydrogens is 787 g/mol. The van der Waals surface area contributed by atoms with Crippen molar-refractivity contribution in [3.05, 3.63) is 47.3 Å². The average Bonchev–Trinajstić information content (AvgIpc) is 3.79. The van der Waals surface area contributed by atoms with E-state index in [-0.39, 0.29) is 41.6 Å². The molecular formula is C44H67N7O8S. The molecule has 1 aromatic carbocycles. The Morgan fingerprint density at radius 2 is 1.72 bits per heavy atom. The number of ketones is 1. The van der Waals surface area contributed by atoms with E-state index in [0.29, 0.717) is 43.6 Å². The van der Waals surface area contributed by atoms with Crippen molar-refractivity contribution in [2.75, 3.05) is 56.3 Å². The van der Waals surface area contributed by atoms with Crippen molar-refractivity contribution < 1.29 is 37.2 Å². The SMILES string of the molecule is CC1(C)C2CCC1(CS(=O)(=O)O)C(=O)C2.CCc1nc2c(cnn2CC)c(NC2CCOCC2)c1CNC(=O)c1ccc(NC(=O)CCCCCCCN(C)CCO)cc1. The van der Waals surface area contributed by atoms with E-state index >= 15 is 0 Å². The number of fused-ring (bicyclic) bond motifs is 3. The molecule has 5 N–H and O–H groups in total. The van der Waals surface area contributed by atoms with E-state index in [0.717, 1.165) is 112 Å². The molecule has 2 aliphatic carbocycles. The number of hydrogen-bond acceptors (Lipinski definition) is 11. The number of hydrogen-bond donors (Lipinski definition) is 5. The van der Waals surface area contributed by atoms with E-state index in [1.807, 2.05) is 31.8 Å². The summed E-state index contributed by atoms with van der Waals surface area (Å²) in [4.78, 5) is 44.6. The maximum atomic E-state index is 13.2. The number of anilines is 2. The van der Waals surface area contributed by atoms with Gasteiger partial charge in [0.25, 0.3) is 16.0 Å². The summed E-state index contributed by atoms with van der Waals surface area (Å²) in [5.74, 6) is -0.296. The molecule has 2 bridgehead atoms. The largest absolute Gasteiger partial charge is 0.395 e. The summed E-state index contributed by atoms with van der Waals surface area (Å²) in [7, 11) is -2.06. The van der Waals surface area contributed by atoms with Gasteiger partial charge < -0.3 is 30.7 Å². The normalized spacial score (nSPS) is 20.0. The summed E-state index contributed by atoms with van der Waals surface area (Å²) in [6, 6.07) is 7.32. The van der Waals surface area contributed by atoms with Gasteiger partial charge in [0.05, 0.1) is 35.0 Å². The number of nitrogens with zero attached hydrogens (tertiary/aromatic N) is 4. The molecule has 0 spiro atoms. The van der Waals surface area contributed by atoms with Crippen LogP contribution in [0.3, 0.4) is 0 Å². The number of aryl methyl sites for hydroxylation is 2. The van der Waals surface area contributed by atoms with E-state index in [1.54, 1.807) is 24.3 Å². The van der Waals surface area contributed by atoms with Gasteiger partial charge in [-0.05, 0) is 101 Å². The molecule has 16 heteroatoms. The Balaban J connectivity index is 0.000000379. The van der Waals surface area contributed by atoms with Crippen molar-refractivity contribution in [3.63, 3.8) is 0 Å². The van der Waals surface area contributed by atoms with Crippen molar-refractivity contribution in [1.82, 2.24) is 25.0 Å². The fourth-order valence-corrected chi connectivity index (χ4v) is 10.5. The Bertz CT molecular complexity index is 2030. The minimum absolute atomic E-state index is 0.0131. The number of aromatic nitrogens is 3. The second-order valence-corrected chi connectivity index (χ2v) is 18.7. The Morgan fingerprint density at radius 3 is 2.33 bits per heavy atom. The van der Waals surface area contributed by atoms with Gasteiger partial charge in [0.2, 0.25) is 5.91 Å². The zero-order valence-corrected chi connectivity index (χ0v) is 37.0. The summed E-state index contributed by atoms with van der Waals surface area (Å²) >= 11 is 0. The van der Waals surface area contributed by atoms with Crippen LogP contribution in [-0.2, 0) is 44.0 Å². The molecule has 60 heavy (non-hydrogen) atoms. The molecule has 1 aliphatic heterocycles. The summed E-state index contributed by atoms with van der Waals surface area (Å²) in [5, 5.41) is 24.3. The Morgan fingerprint density at radius 1 is 1.02 bits per heavy atom. The third-order valence-corrected chi connectivity index (χ3v) is 13.9. The van der Waals surface area contributed by atoms with Gasteiger partial charge in [-0.1, -0.05) is 40.0 Å². The molecule has 0 radical (unpaired) electrons. The zero-order valence-electron chi connectivity index (χ0n) is 36.2. The van der Waals surface area contributed by atoms with Gasteiger partial charge in [-0.15, -0.1) is 0 Å². The fraction of sp³-hybridized carbons (Fsp3) is 0.659. The predicted molar refractivity (Wildman–Crippen MR) is 234 cm³/mol. The summed E-state index contributed by atoms with van der Waals surface area (Å²) in [6.07, 6.45) is 12.1. The van der Waals surface area contributed by atoms with Gasteiger partial charge in [0, 0.05) is 74.2 Å². The second kappa shape index (κ2) is 21.2. The van der Waals surface area contributed by atoms with Crippen molar-refractivity contribution >= 4 is 50.1 Å². The van der Waals surface area contributed by atoms with Crippen LogP contribution in [0.25, 0.3) is 11.0 Å². The maximum Gasteiger partial charge on any atom is 0.265 e. The number of carbonyl (C=O) groups is 3. The lowest BCUT2D eigenvalue weighted by molar-refractivity contribution is -0.128. The zero-order chi connectivity index (χ0) is 43.5. The third kappa shape index (κ3) is 11.7. The summed E-state index contributed by atoms with van der Waals surface area (Å²) < 4.78 is 38.5. The Hall–Kier alpha value is -3.96. The van der Waals surface area contributed by atoms with Crippen LogP contribution in [-0.4, -0.2) is 107 Å². The number of amides is 2. The molecule has 6 rings (SSSR count). The van der Waals surface area contributed by atoms with Gasteiger partial charge in [-0.3, -0.25) is 18.9 Å². The first-order chi connectivity index (χ1) is 28.6. The highest BCUT2D eigenvalue weighted by Gasteiger charge is 2.65. The molecule has 2 saturated carbocycles. The second-order valence-electron chi connectivity index (χ2n) is 17.2. The molecule has 15 nitrogen and oxygen atoms in total. The van der Waals surface area contributed by atoms with E-state index in [1.165, 1.54) is 0 Å². The topological polar surface area (TPSA) is 205 Å². The van der Waals surface area contributed by atoms with E-state index < -0.39 is 21.3 Å². The van der Waals surface area contributed by atoms with Gasteiger partial charge in [0.15, 0.2) is 5.65 Å². The number of aliphatic hydroxyl groups is 1. The lowest BCUT2D eigenvalue weighted by Crippen LogP contribution is -2.42. The van der Waals surface area contributed by atoms with Crippen molar-refractivity contribution in [2.45, 2.75) is 124 Å². The minimum Gasteiger partial charge on any atom is -0.395 e. The molecule has 2 amide bonds. The smallest absolute Gasteiger partial charge is 0.265 e. The number of likely N-dealkylation sites (N-methyl/N-ethyl adjacent to an activating group) is 1. The minimum atomic E-state index is -4.08. The summed E-state index contributed by atoms with van der Waals surface area (Å²) in [6.45, 7) is 12.5. The molecule has 3 heterocycles. The predicted octanol–water partition coefficient (Wildman–Crippen LogP) is 6.01. The highest BCUT2D eigenvalue weighted by atomic mass is 32.2. The van der Waals surface area contributed by atoms with Crippen molar-refractivity contribution in [2.24, 2.45) is 16.7 Å². The maximum absolute atomic E-state index is 13.2. The number of nitrogens with one attached hydrogen (secondary N) is 3. The number of pyridine rings is 1. The number of benzene rings is 1. The number of aliphatic hydroxyl groups excluding tert-OH is 1. The number of rotatable bonds is 20. The molecule has 2 unspecified atom stereocenters. The van der Waals surface area contributed by atoms with Crippen molar-refractivity contribution in [1.29, 1.82) is 0 Å². The van der Waals surface area contributed by atoms with E-state index in [2.05, 4.69) is 39.8 Å². The fourth-order valence-electron chi connectivity index (χ4n) is 9.20. The number of Topliss-reactive ketones (excluding diaryl/α,β-unsaturated/α-hetero) is 1. The standard InChI is InChI=1S/C34H51N7O4.C10H16O4S/c1-4-30-28(32(38-27-16-21-45-22-17-27)29-24-36-41(5-2)33(29)39-30)23-35-34(44)25-12-14-26(15-13-25)37-31(43)11-9-7-6-8-10-18-40(3)19-20-42;1-9(2)7-3-4-10(9,8(11)5-7)6-15(12,13)14/h12-15,24,27,42H,4-11,16-23H2,1-3H3,(H,35,44)(H,37,43)(H,38,39);7H,3-6H2,1-2H3,(H,12,13,14). The van der Waals surface area contributed by atoms with Crippen molar-refractivity contribution in [3.8, 4) is 0 Å². The van der Waals surface area contributed by atoms with Gasteiger partial charge in [0.1, 0.15) is 5.78 Å². The van der Waals surface area contributed by atoms with Gasteiger partial charge >= 0.3 is 0 Å². The molecule has 3 aliphatic rings. The lowest BCUT2D eigenvalue weighted by Gasteiger charge is -2.35. The van der Waals surface area contributed by atoms with Crippen LogP contribution < -0.4 is 16.0 Å². The van der Waals surface area contributed by atoms with Crippen LogP contribution in [0.2, 0.25) is 0 Å². The van der Waals surface area contributed by atoms with Gasteiger partial charge in [-0.2, -0.15) is 13.5 Å².